The maximum atomic E-state index is 14.5. The minimum Gasteiger partial charge on any atom is -0.485 e. The molecule has 9 N–H and O–H groups in total. The summed E-state index contributed by atoms with van der Waals surface area (Å²) in [5, 5.41) is 24.9. The Morgan fingerprint density at radius 3 is 1.57 bits per heavy atom. The van der Waals surface area contributed by atoms with Gasteiger partial charge in [0.25, 0.3) is 40.9 Å². The highest BCUT2D eigenvalue weighted by atomic mass is 35.5. The number of aromatic amines is 1. The van der Waals surface area contributed by atoms with Gasteiger partial charge in [-0.15, -0.1) is 24.8 Å². The number of hydrogen-bond donors (Lipinski definition) is 5. The molecule has 29 nitrogen and oxygen atoms in total. The number of hydrogen-bond acceptors (Lipinski definition) is 24. The number of H-pyrrole nitrogens is 1. The molecule has 0 fully saturated rings. The van der Waals surface area contributed by atoms with Crippen molar-refractivity contribution in [1.29, 1.82) is 0 Å². The molecule has 0 bridgehead atoms. The first kappa shape index (κ1) is 95.9. The summed E-state index contributed by atoms with van der Waals surface area (Å²) in [6.07, 6.45) is 2.17. The number of urea groups is 1. The lowest BCUT2D eigenvalue weighted by Gasteiger charge is -2.17. The normalized spacial score (nSPS) is 11.3. The van der Waals surface area contributed by atoms with Crippen molar-refractivity contribution in [2.75, 3.05) is 27.8 Å². The predicted molar refractivity (Wildman–Crippen MR) is 489 cm³/mol. The Bertz CT molecular complexity index is 6610. The van der Waals surface area contributed by atoms with Crippen LogP contribution in [0.3, 0.4) is 0 Å². The van der Waals surface area contributed by atoms with Crippen molar-refractivity contribution in [2.24, 2.45) is 5.73 Å². The number of fused-ring (bicyclic) bond motifs is 2. The van der Waals surface area contributed by atoms with Gasteiger partial charge in [0.2, 0.25) is 23.3 Å². The molecule has 0 aliphatic carbocycles. The lowest BCUT2D eigenvalue weighted by molar-refractivity contribution is -0.120. The van der Waals surface area contributed by atoms with Crippen LogP contribution in [0, 0.1) is 26.6 Å². The van der Waals surface area contributed by atoms with Crippen LogP contribution < -0.4 is 51.5 Å². The standard InChI is InChI=1S/C23H20N4O3.C21H13Cl3FN3O4.C19H13Cl2N3O2.C16H14ClN3O2.C10H11N3O.2ClH.H2O/c1-16-8-7-11-18(14-16)29-15-21-26-22(30-27-21)19-12-5-6-13-20(19)25-23(28)24-17-9-3-2-4-10-17;1-9-10(2)21(30)28(20(9)29)16-7-17(14(24)6-15(16)25)31-8-18-26-19(32-27-18)12-4-3-11(22)5-13(12)23;1-11-3-2-4-15(5-11)25-10-17-23-19(26-24-17)16-8-13(20)6-12-7-14(21)9-22-18(12)16;1-10-4-2-5-11(8-10)21-9-14-19-16(22-20-14)15-12(17)6-3-7-13(15)18;11-6-5-9-12-8-4-2-1-3-7(8)10(14)13-9;;;/h2-14H,15H2,1H3,(H2,24,25,28);3-7H,8H2,1-2H3;2-9H,10H2,1H3;2-8H,9,18H2,1H3;1-4H,5-6,11H2,(H,12,13,14);2*1H;1H2. The van der Waals surface area contributed by atoms with Crippen LogP contribution >= 0.6 is 94.4 Å². The molecule has 0 radical (unpaired) electrons. The molecule has 0 spiro atoms. The summed E-state index contributed by atoms with van der Waals surface area (Å²) in [5.41, 5.74) is 20.2. The number of aryl methyl sites for hydroxylation is 3. The largest absolute Gasteiger partial charge is 0.485 e. The molecule has 4 amide bonds. The predicted octanol–water partition coefficient (Wildman–Crippen LogP) is 20.7. The van der Waals surface area contributed by atoms with E-state index in [1.54, 1.807) is 72.9 Å². The minimum absolute atomic E-state index is 0. The fraction of sp³-hybridized carbons (Fsp3) is 0.124. The van der Waals surface area contributed by atoms with Gasteiger partial charge in [-0.05, 0) is 185 Å². The van der Waals surface area contributed by atoms with Crippen molar-refractivity contribution >= 4 is 157 Å². The summed E-state index contributed by atoms with van der Waals surface area (Å²) in [7, 11) is 0. The zero-order valence-corrected chi connectivity index (χ0v) is 73.7. The first-order valence-electron chi connectivity index (χ1n) is 37.6. The van der Waals surface area contributed by atoms with Crippen LogP contribution in [-0.4, -0.2) is 85.4 Å². The Balaban J connectivity index is 0.000000168. The van der Waals surface area contributed by atoms with E-state index in [1.807, 2.05) is 154 Å². The number of ether oxygens (including phenoxy) is 4. The third-order valence-corrected chi connectivity index (χ3v) is 19.6. The number of amides is 4. The summed E-state index contributed by atoms with van der Waals surface area (Å²) in [6.45, 7) is 9.89. The van der Waals surface area contributed by atoms with E-state index in [0.29, 0.717) is 123 Å². The Hall–Kier alpha value is -13.4. The van der Waals surface area contributed by atoms with Gasteiger partial charge >= 0.3 is 6.03 Å². The van der Waals surface area contributed by atoms with Crippen molar-refractivity contribution in [3.8, 4) is 68.8 Å². The van der Waals surface area contributed by atoms with Gasteiger partial charge in [-0.25, -0.2) is 19.1 Å². The van der Waals surface area contributed by atoms with E-state index >= 15 is 0 Å². The second-order valence-corrected chi connectivity index (χ2v) is 29.7. The van der Waals surface area contributed by atoms with Crippen molar-refractivity contribution in [3.63, 3.8) is 0 Å². The Morgan fingerprint density at radius 2 is 1.00 bits per heavy atom. The fourth-order valence-electron chi connectivity index (χ4n) is 11.9. The number of nitrogens with two attached hydrogens (primary N) is 2. The number of nitrogen functional groups attached to an aromatic ring is 1. The molecule has 1 aliphatic rings. The highest BCUT2D eigenvalue weighted by Crippen LogP contribution is 2.39. The van der Waals surface area contributed by atoms with E-state index in [-0.39, 0.29) is 114 Å². The van der Waals surface area contributed by atoms with Gasteiger partial charge in [0.15, 0.2) is 26.4 Å². The SMILES string of the molecule is CC1=C(C)C(=O)N(c2cc(OCc3noc(-c4ccc(Cl)cc4Cl)n3)c(Cl)cc2F)C1=O.Cc1cccc(OCc2noc(-c3c(N)cccc3Cl)n2)c1.Cc1cccc(OCc2noc(-c3cc(Cl)cc4cc(Cl)cnc34)n2)c1.Cc1cccc(OCc2noc(-c3ccccc3NC(=O)Nc3ccccc3)n2)c1.Cl.Cl.NCCc1nc2ccccc2c(=O)[nH]1.O. The van der Waals surface area contributed by atoms with Gasteiger partial charge in [0.05, 0.1) is 70.1 Å². The second kappa shape index (κ2) is 45.0. The summed E-state index contributed by atoms with van der Waals surface area (Å²) < 4.78 is 58.4. The molecule has 0 atom stereocenters. The number of rotatable bonds is 21. The van der Waals surface area contributed by atoms with E-state index in [0.717, 1.165) is 55.8 Å². The van der Waals surface area contributed by atoms with E-state index in [9.17, 15) is 23.6 Å². The number of carbonyl (C=O) groups excluding carboxylic acids is 3. The molecule has 0 saturated heterocycles. The van der Waals surface area contributed by atoms with Gasteiger partial charge in [-0.1, -0.05) is 175 Å². The van der Waals surface area contributed by atoms with E-state index in [4.69, 9.17) is 118 Å². The first-order valence-corrected chi connectivity index (χ1v) is 39.9. The number of anilines is 4. The molecule has 0 unspecified atom stereocenters. The number of benzene rings is 10. The number of halogens is 9. The zero-order valence-electron chi connectivity index (χ0n) is 67.5. The van der Waals surface area contributed by atoms with Crippen molar-refractivity contribution < 1.29 is 61.3 Å². The molecule has 652 valence electrons. The van der Waals surface area contributed by atoms with Crippen LogP contribution in [0.2, 0.25) is 30.1 Å². The first-order chi connectivity index (χ1) is 59.9. The molecule has 0 saturated carbocycles. The zero-order chi connectivity index (χ0) is 87.5. The molecule has 127 heavy (non-hydrogen) atoms. The highest BCUT2D eigenvalue weighted by Gasteiger charge is 2.37. The maximum absolute atomic E-state index is 14.5. The van der Waals surface area contributed by atoms with Gasteiger partial charge in [0, 0.05) is 56.6 Å². The lowest BCUT2D eigenvalue weighted by atomic mass is 10.1. The number of aromatic nitrogens is 11. The van der Waals surface area contributed by atoms with Crippen molar-refractivity contribution in [3.05, 3.63) is 328 Å². The minimum atomic E-state index is -0.842. The molecular weight excluding hydrogens is 1800 g/mol. The summed E-state index contributed by atoms with van der Waals surface area (Å²) in [4.78, 5) is 78.1. The monoisotopic (exact) mass is 1870 g/mol. The lowest BCUT2D eigenvalue weighted by Crippen LogP contribution is -2.32. The number of nitrogens with one attached hydrogen (secondary N) is 3. The van der Waals surface area contributed by atoms with E-state index in [1.165, 1.54) is 26.0 Å². The number of carbonyl (C=O) groups is 3. The Labute approximate surface area is 766 Å². The summed E-state index contributed by atoms with van der Waals surface area (Å²) >= 11 is 36.5. The quantitative estimate of drug-likeness (QED) is 0.0329. The number of nitrogens with zero attached hydrogens (tertiary/aromatic N) is 11. The van der Waals surface area contributed by atoms with Crippen molar-refractivity contribution in [1.82, 2.24) is 55.5 Å². The molecule has 38 heteroatoms. The van der Waals surface area contributed by atoms with Crippen LogP contribution in [0.5, 0.6) is 23.0 Å². The van der Waals surface area contributed by atoms with Gasteiger partial charge < -0.3 is 69.6 Å². The third-order valence-electron chi connectivity index (χ3n) is 18.0. The number of pyridine rings is 1. The molecular formula is C89H75Cl8FN16O13. The average molecular weight is 1880 g/mol. The second-order valence-electron chi connectivity index (χ2n) is 27.2. The average Bonchev–Trinajstić information content (AvgIpc) is 1.65. The van der Waals surface area contributed by atoms with Crippen LogP contribution in [0.4, 0.5) is 31.9 Å². The fourth-order valence-corrected chi connectivity index (χ4v) is 13.3. The van der Waals surface area contributed by atoms with Gasteiger partial charge in [-0.2, -0.15) is 19.9 Å². The number of para-hydroxylation sites is 3. The van der Waals surface area contributed by atoms with Crippen LogP contribution in [0.25, 0.3) is 67.6 Å². The van der Waals surface area contributed by atoms with E-state index in [2.05, 4.69) is 66.1 Å². The van der Waals surface area contributed by atoms with Gasteiger partial charge in [-0.3, -0.25) is 19.4 Å². The smallest absolute Gasteiger partial charge is 0.323 e. The topological polar surface area (TPSA) is 413 Å². The molecule has 17 rings (SSSR count). The van der Waals surface area contributed by atoms with E-state index < -0.39 is 17.6 Å². The Morgan fingerprint density at radius 1 is 0.488 bits per heavy atom. The van der Waals surface area contributed by atoms with Crippen LogP contribution in [0.1, 0.15) is 59.7 Å². The molecule has 16 aromatic rings. The summed E-state index contributed by atoms with van der Waals surface area (Å²) in [6, 6.07) is 64.0. The summed E-state index contributed by atoms with van der Waals surface area (Å²) in [5.74, 6) is 3.36. The van der Waals surface area contributed by atoms with Crippen LogP contribution in [-0.2, 0) is 42.4 Å². The maximum Gasteiger partial charge on any atom is 0.323 e. The molecule has 7 heterocycles. The molecule has 10 aromatic carbocycles. The molecule has 6 aromatic heterocycles. The highest BCUT2D eigenvalue weighted by molar-refractivity contribution is 6.37. The Kier molecular flexibility index (Phi) is 34.0. The third kappa shape index (κ3) is 25.3. The van der Waals surface area contributed by atoms with Crippen LogP contribution in [0.15, 0.2) is 259 Å². The number of imide groups is 1. The van der Waals surface area contributed by atoms with Crippen molar-refractivity contribution in [2.45, 2.75) is 67.5 Å². The molecule has 1 aliphatic heterocycles. The van der Waals surface area contributed by atoms with Gasteiger partial charge in [0.1, 0.15) is 34.6 Å².